The van der Waals surface area contributed by atoms with Gasteiger partial charge in [-0.15, -0.1) is 0 Å². The van der Waals surface area contributed by atoms with Gasteiger partial charge in [-0.05, 0) is 12.8 Å². The quantitative estimate of drug-likeness (QED) is 0.752. The van der Waals surface area contributed by atoms with Crippen molar-refractivity contribution in [3.63, 3.8) is 0 Å². The largest absolute Gasteiger partial charge is 0.396 e. The van der Waals surface area contributed by atoms with Crippen molar-refractivity contribution in [1.82, 2.24) is 4.90 Å². The molecule has 2 atom stereocenters. The van der Waals surface area contributed by atoms with E-state index in [0.717, 1.165) is 25.7 Å². The summed E-state index contributed by atoms with van der Waals surface area (Å²) in [6.45, 7) is 4.11. The third-order valence-corrected chi connectivity index (χ3v) is 4.55. The standard InChI is InChI=1S/C13H21NO3/c1-9-10(2)12(17)14(11(9)16)7-13(8-15)5-3-4-6-13/h9-10,15H,3-8H2,1-2H3. The molecule has 1 saturated carbocycles. The van der Waals surface area contributed by atoms with E-state index in [1.54, 1.807) is 0 Å². The first-order chi connectivity index (χ1) is 8.01. The van der Waals surface area contributed by atoms with Gasteiger partial charge in [-0.3, -0.25) is 14.5 Å². The van der Waals surface area contributed by atoms with Crippen LogP contribution in [0.3, 0.4) is 0 Å². The Kier molecular flexibility index (Phi) is 3.25. The second-order valence-corrected chi connectivity index (χ2v) is 5.71. The number of nitrogens with zero attached hydrogens (tertiary/aromatic N) is 1. The van der Waals surface area contributed by atoms with Crippen LogP contribution in [0.1, 0.15) is 39.5 Å². The van der Waals surface area contributed by atoms with Gasteiger partial charge in [0.15, 0.2) is 0 Å². The molecule has 2 fully saturated rings. The predicted octanol–water partition coefficient (Wildman–Crippen LogP) is 1.18. The molecule has 0 bridgehead atoms. The van der Waals surface area contributed by atoms with Crippen molar-refractivity contribution in [1.29, 1.82) is 0 Å². The van der Waals surface area contributed by atoms with Crippen LogP contribution in [-0.4, -0.2) is 35.0 Å². The zero-order valence-corrected chi connectivity index (χ0v) is 10.6. The topological polar surface area (TPSA) is 57.6 Å². The third kappa shape index (κ3) is 1.99. The number of carbonyl (C=O) groups excluding carboxylic acids is 2. The summed E-state index contributed by atoms with van der Waals surface area (Å²) in [6, 6.07) is 0. The second-order valence-electron chi connectivity index (χ2n) is 5.71. The highest BCUT2D eigenvalue weighted by molar-refractivity contribution is 6.04. The number of rotatable bonds is 3. The summed E-state index contributed by atoms with van der Waals surface area (Å²) in [5, 5.41) is 9.53. The lowest BCUT2D eigenvalue weighted by atomic mass is 9.86. The van der Waals surface area contributed by atoms with Crippen molar-refractivity contribution in [2.75, 3.05) is 13.2 Å². The maximum atomic E-state index is 12.0. The summed E-state index contributed by atoms with van der Waals surface area (Å²) < 4.78 is 0. The lowest BCUT2D eigenvalue weighted by molar-refractivity contribution is -0.142. The fourth-order valence-electron chi connectivity index (χ4n) is 3.01. The summed E-state index contributed by atoms with van der Waals surface area (Å²) in [4.78, 5) is 25.4. The van der Waals surface area contributed by atoms with Crippen LogP contribution in [0.5, 0.6) is 0 Å². The lowest BCUT2D eigenvalue weighted by Gasteiger charge is -2.30. The van der Waals surface area contributed by atoms with Gasteiger partial charge in [0.2, 0.25) is 11.8 Å². The number of carbonyl (C=O) groups is 2. The maximum absolute atomic E-state index is 12.0. The van der Waals surface area contributed by atoms with E-state index in [0.29, 0.717) is 6.54 Å². The Balaban J connectivity index is 2.13. The van der Waals surface area contributed by atoms with Gasteiger partial charge in [0.1, 0.15) is 0 Å². The first-order valence-electron chi connectivity index (χ1n) is 6.47. The van der Waals surface area contributed by atoms with Crippen molar-refractivity contribution >= 4 is 11.8 Å². The molecular formula is C13H21NO3. The van der Waals surface area contributed by atoms with Crippen LogP contribution in [0, 0.1) is 17.3 Å². The smallest absolute Gasteiger partial charge is 0.232 e. The van der Waals surface area contributed by atoms with E-state index >= 15 is 0 Å². The summed E-state index contributed by atoms with van der Waals surface area (Å²) in [7, 11) is 0. The Bertz CT molecular complexity index is 314. The van der Waals surface area contributed by atoms with Crippen LogP contribution >= 0.6 is 0 Å². The highest BCUT2D eigenvalue weighted by Gasteiger charge is 2.46. The molecule has 1 aliphatic heterocycles. The van der Waals surface area contributed by atoms with Gasteiger partial charge in [0, 0.05) is 23.8 Å². The third-order valence-electron chi connectivity index (χ3n) is 4.55. The van der Waals surface area contributed by atoms with Crippen LogP contribution in [0.25, 0.3) is 0 Å². The number of aliphatic hydroxyl groups is 1. The van der Waals surface area contributed by atoms with Gasteiger partial charge in [0.25, 0.3) is 0 Å². The minimum Gasteiger partial charge on any atom is -0.396 e. The number of imide groups is 1. The Morgan fingerprint density at radius 3 is 2.06 bits per heavy atom. The summed E-state index contributed by atoms with van der Waals surface area (Å²) in [5.74, 6) is -0.552. The van der Waals surface area contributed by atoms with Crippen LogP contribution in [-0.2, 0) is 9.59 Å². The molecular weight excluding hydrogens is 218 g/mol. The lowest BCUT2D eigenvalue weighted by Crippen LogP contribution is -2.42. The summed E-state index contributed by atoms with van der Waals surface area (Å²) in [5.41, 5.74) is -0.227. The molecule has 0 aromatic heterocycles. The van der Waals surface area contributed by atoms with Crippen molar-refractivity contribution in [2.45, 2.75) is 39.5 Å². The van der Waals surface area contributed by atoms with Crippen LogP contribution in [0.4, 0.5) is 0 Å². The zero-order valence-electron chi connectivity index (χ0n) is 10.6. The van der Waals surface area contributed by atoms with Gasteiger partial charge < -0.3 is 5.11 Å². The summed E-state index contributed by atoms with van der Waals surface area (Å²) >= 11 is 0. The Hall–Kier alpha value is -0.900. The van der Waals surface area contributed by atoms with Gasteiger partial charge >= 0.3 is 0 Å². The van der Waals surface area contributed by atoms with E-state index in [1.807, 2.05) is 13.8 Å². The molecule has 1 N–H and O–H groups in total. The Morgan fingerprint density at radius 1 is 1.18 bits per heavy atom. The fraction of sp³-hybridized carbons (Fsp3) is 0.846. The molecule has 4 heteroatoms. The average Bonchev–Trinajstić information content (AvgIpc) is 2.87. The molecule has 2 amide bonds. The molecule has 2 unspecified atom stereocenters. The van der Waals surface area contributed by atoms with E-state index in [2.05, 4.69) is 0 Å². The van der Waals surface area contributed by atoms with E-state index in [9.17, 15) is 14.7 Å². The van der Waals surface area contributed by atoms with Gasteiger partial charge in [-0.1, -0.05) is 26.7 Å². The second kappa shape index (κ2) is 4.41. The first-order valence-corrected chi connectivity index (χ1v) is 6.47. The molecule has 0 radical (unpaired) electrons. The van der Waals surface area contributed by atoms with Crippen LogP contribution < -0.4 is 0 Å². The minimum absolute atomic E-state index is 0.0674. The average molecular weight is 239 g/mol. The molecule has 0 spiro atoms. The maximum Gasteiger partial charge on any atom is 0.232 e. The molecule has 1 heterocycles. The summed E-state index contributed by atoms with van der Waals surface area (Å²) in [6.07, 6.45) is 4.01. The number of hydrogen-bond donors (Lipinski definition) is 1. The van der Waals surface area contributed by atoms with Crippen LogP contribution in [0.15, 0.2) is 0 Å². The monoisotopic (exact) mass is 239 g/mol. The number of likely N-dealkylation sites (tertiary alicyclic amines) is 1. The normalized spacial score (nSPS) is 32.5. The number of amides is 2. The highest BCUT2D eigenvalue weighted by atomic mass is 16.3. The molecule has 4 nitrogen and oxygen atoms in total. The van der Waals surface area contributed by atoms with Crippen molar-refractivity contribution < 1.29 is 14.7 Å². The van der Waals surface area contributed by atoms with Crippen molar-refractivity contribution in [3.8, 4) is 0 Å². The first kappa shape index (κ1) is 12.6. The Labute approximate surface area is 102 Å². The van der Waals surface area contributed by atoms with E-state index in [-0.39, 0.29) is 35.7 Å². The molecule has 96 valence electrons. The highest BCUT2D eigenvalue weighted by Crippen LogP contribution is 2.40. The van der Waals surface area contributed by atoms with Crippen molar-refractivity contribution in [2.24, 2.45) is 17.3 Å². The van der Waals surface area contributed by atoms with E-state index in [1.165, 1.54) is 4.90 Å². The van der Waals surface area contributed by atoms with Crippen molar-refractivity contribution in [3.05, 3.63) is 0 Å². The molecule has 2 aliphatic rings. The van der Waals surface area contributed by atoms with Gasteiger partial charge in [0.05, 0.1) is 6.61 Å². The fourth-order valence-corrected chi connectivity index (χ4v) is 3.01. The molecule has 1 aliphatic carbocycles. The number of hydrogen-bond acceptors (Lipinski definition) is 3. The molecule has 0 aromatic carbocycles. The van der Waals surface area contributed by atoms with E-state index in [4.69, 9.17) is 0 Å². The van der Waals surface area contributed by atoms with E-state index < -0.39 is 0 Å². The molecule has 17 heavy (non-hydrogen) atoms. The molecule has 2 rings (SSSR count). The van der Waals surface area contributed by atoms with Gasteiger partial charge in [-0.2, -0.15) is 0 Å². The predicted molar refractivity (Wildman–Crippen MR) is 63.0 cm³/mol. The molecule has 0 aromatic rings. The number of aliphatic hydroxyl groups excluding tert-OH is 1. The molecule has 1 saturated heterocycles. The SMILES string of the molecule is CC1C(=O)N(CC2(CO)CCCC2)C(=O)C1C. The Morgan fingerprint density at radius 2 is 1.65 bits per heavy atom. The van der Waals surface area contributed by atoms with Crippen LogP contribution in [0.2, 0.25) is 0 Å². The zero-order chi connectivity index (χ0) is 12.6. The minimum atomic E-state index is -0.227. The van der Waals surface area contributed by atoms with Gasteiger partial charge in [-0.25, -0.2) is 0 Å².